The first kappa shape index (κ1) is 8.10. The molecule has 0 aliphatic carbocycles. The molecule has 0 radical (unpaired) electrons. The molecule has 0 aromatic carbocycles. The quantitative estimate of drug-likeness (QED) is 0.312. The van der Waals surface area contributed by atoms with Gasteiger partial charge in [0.1, 0.15) is 10.8 Å². The lowest BCUT2D eigenvalue weighted by atomic mass is 10.5. The van der Waals surface area contributed by atoms with Crippen LogP contribution in [0.15, 0.2) is 17.3 Å². The van der Waals surface area contributed by atoms with Crippen molar-refractivity contribution in [3.8, 4) is 0 Å². The van der Waals surface area contributed by atoms with Crippen molar-refractivity contribution < 1.29 is 0 Å². The van der Waals surface area contributed by atoms with Crippen molar-refractivity contribution in [1.29, 1.82) is 0 Å². The maximum Gasteiger partial charge on any atom is 0.126 e. The smallest absolute Gasteiger partial charge is 0.126 e. The summed E-state index contributed by atoms with van der Waals surface area (Å²) in [4.78, 5) is 4.23. The van der Waals surface area contributed by atoms with Crippen LogP contribution in [-0.4, -0.2) is 10.8 Å². The molecular formula is C5H9N3S. The summed E-state index contributed by atoms with van der Waals surface area (Å²) in [6, 6.07) is 0. The molecule has 0 amide bonds. The molecule has 50 valence electrons. The molecule has 0 aliphatic rings. The van der Waals surface area contributed by atoms with E-state index in [1.807, 2.05) is 0 Å². The maximum absolute atomic E-state index is 5.28. The van der Waals surface area contributed by atoms with E-state index in [1.165, 1.54) is 12.3 Å². The van der Waals surface area contributed by atoms with Gasteiger partial charge in [0.2, 0.25) is 0 Å². The van der Waals surface area contributed by atoms with E-state index >= 15 is 0 Å². The zero-order valence-corrected chi connectivity index (χ0v) is 5.98. The van der Waals surface area contributed by atoms with Crippen molar-refractivity contribution in [2.24, 2.45) is 16.5 Å². The van der Waals surface area contributed by atoms with Crippen molar-refractivity contribution >= 4 is 23.0 Å². The molecular weight excluding hydrogens is 134 g/mol. The molecule has 0 unspecified atom stereocenters. The summed E-state index contributed by atoms with van der Waals surface area (Å²) in [5, 5.41) is 0. The lowest BCUT2D eigenvalue weighted by molar-refractivity contribution is 1.55. The fourth-order valence-corrected chi connectivity index (χ4v) is 0.423. The van der Waals surface area contributed by atoms with Gasteiger partial charge in [-0.25, -0.2) is 4.99 Å². The molecule has 0 saturated heterocycles. The second kappa shape index (κ2) is 4.03. The van der Waals surface area contributed by atoms with Crippen molar-refractivity contribution in [1.82, 2.24) is 0 Å². The molecule has 0 aromatic rings. The van der Waals surface area contributed by atoms with E-state index in [9.17, 15) is 0 Å². The molecule has 4 heteroatoms. The van der Waals surface area contributed by atoms with Gasteiger partial charge in [-0.05, 0) is 19.2 Å². The fraction of sp³-hybridized carbons (Fsp3) is 0.200. The van der Waals surface area contributed by atoms with Crippen LogP contribution < -0.4 is 11.5 Å². The Hall–Kier alpha value is -0.900. The van der Waals surface area contributed by atoms with E-state index in [0.29, 0.717) is 10.8 Å². The average molecular weight is 143 g/mol. The Morgan fingerprint density at radius 3 is 2.56 bits per heavy atom. The van der Waals surface area contributed by atoms with Gasteiger partial charge < -0.3 is 11.5 Å². The number of nitrogens with two attached hydrogens (primary N) is 2. The largest absolute Gasteiger partial charge is 0.404 e. The highest BCUT2D eigenvalue weighted by molar-refractivity contribution is 7.80. The van der Waals surface area contributed by atoms with Gasteiger partial charge in [-0.1, -0.05) is 12.2 Å². The Bertz CT molecular complexity index is 160. The van der Waals surface area contributed by atoms with Gasteiger partial charge >= 0.3 is 0 Å². The maximum atomic E-state index is 5.28. The number of rotatable bonds is 1. The predicted molar refractivity (Wildman–Crippen MR) is 43.2 cm³/mol. The van der Waals surface area contributed by atoms with Gasteiger partial charge in [0, 0.05) is 0 Å². The first-order valence-electron chi connectivity index (χ1n) is 2.40. The number of thiocarbonyl (C=S) groups is 1. The molecule has 0 saturated carbocycles. The summed E-state index contributed by atoms with van der Waals surface area (Å²) in [5.41, 5.74) is 10.3. The van der Waals surface area contributed by atoms with Gasteiger partial charge in [-0.15, -0.1) is 0 Å². The first-order chi connectivity index (χ1) is 4.16. The molecule has 9 heavy (non-hydrogen) atoms. The van der Waals surface area contributed by atoms with Crippen LogP contribution in [0, 0.1) is 0 Å². The van der Waals surface area contributed by atoms with Gasteiger partial charge in [0.15, 0.2) is 0 Å². The second-order valence-electron chi connectivity index (χ2n) is 1.41. The molecule has 0 aliphatic heterocycles. The molecule has 0 spiro atoms. The summed E-state index contributed by atoms with van der Waals surface area (Å²) >= 11 is 4.64. The molecule has 0 fully saturated rings. The zero-order valence-electron chi connectivity index (χ0n) is 5.16. The van der Waals surface area contributed by atoms with Crippen molar-refractivity contribution in [3.05, 3.63) is 12.3 Å². The van der Waals surface area contributed by atoms with Crippen LogP contribution in [0.2, 0.25) is 0 Å². The minimum atomic E-state index is 0.338. The van der Waals surface area contributed by atoms with Gasteiger partial charge in [0.25, 0.3) is 0 Å². The number of hydrogen-bond donors (Lipinski definition) is 2. The Labute approximate surface area is 59.4 Å². The highest BCUT2D eigenvalue weighted by Crippen LogP contribution is 1.77. The zero-order chi connectivity index (χ0) is 7.28. The Balaban J connectivity index is 4.00. The van der Waals surface area contributed by atoms with Crippen molar-refractivity contribution in [2.45, 2.75) is 6.92 Å². The van der Waals surface area contributed by atoms with E-state index in [2.05, 4.69) is 17.2 Å². The third-order valence-corrected chi connectivity index (χ3v) is 0.645. The second-order valence-corrected chi connectivity index (χ2v) is 2.01. The minimum Gasteiger partial charge on any atom is -0.404 e. The summed E-state index contributed by atoms with van der Waals surface area (Å²) in [5.74, 6) is 0.338. The van der Waals surface area contributed by atoms with E-state index in [4.69, 9.17) is 11.5 Å². The van der Waals surface area contributed by atoms with Gasteiger partial charge in [-0.2, -0.15) is 0 Å². The van der Waals surface area contributed by atoms with E-state index < -0.39 is 0 Å². The van der Waals surface area contributed by atoms with Crippen LogP contribution in [0.3, 0.4) is 0 Å². The number of amidine groups is 1. The lowest BCUT2D eigenvalue weighted by Gasteiger charge is -1.87. The predicted octanol–water partition coefficient (Wildman–Crippen LogP) is 0.163. The summed E-state index contributed by atoms with van der Waals surface area (Å²) in [7, 11) is 0. The third kappa shape index (κ3) is 4.96. The van der Waals surface area contributed by atoms with Crippen LogP contribution in [0.25, 0.3) is 0 Å². The van der Waals surface area contributed by atoms with Gasteiger partial charge in [0.05, 0.1) is 0 Å². The number of aliphatic imine (C=N–C) groups is 1. The van der Waals surface area contributed by atoms with Gasteiger partial charge in [-0.3, -0.25) is 0 Å². The molecule has 0 bridgehead atoms. The Kier molecular flexibility index (Phi) is 3.62. The van der Waals surface area contributed by atoms with E-state index in [-0.39, 0.29) is 0 Å². The van der Waals surface area contributed by atoms with Crippen LogP contribution in [-0.2, 0) is 0 Å². The first-order valence-corrected chi connectivity index (χ1v) is 2.80. The number of nitrogens with zero attached hydrogens (tertiary/aromatic N) is 1. The summed E-state index contributed by atoms with van der Waals surface area (Å²) in [6.07, 6.45) is 2.80. The highest BCUT2D eigenvalue weighted by atomic mass is 32.1. The van der Waals surface area contributed by atoms with Crippen molar-refractivity contribution in [3.63, 3.8) is 0 Å². The fourth-order valence-electron chi connectivity index (χ4n) is 0.318. The third-order valence-electron chi connectivity index (χ3n) is 0.554. The Morgan fingerprint density at radius 1 is 1.67 bits per heavy atom. The lowest BCUT2D eigenvalue weighted by Crippen LogP contribution is -2.09. The van der Waals surface area contributed by atoms with Crippen LogP contribution >= 0.6 is 12.2 Å². The normalized spacial score (nSPS) is 12.3. The summed E-state index contributed by atoms with van der Waals surface area (Å²) in [6.45, 7) is 1.69. The molecule has 3 nitrogen and oxygen atoms in total. The SMILES string of the molecule is CC(=S)N=C(N)C=CN. The van der Waals surface area contributed by atoms with E-state index in [1.54, 1.807) is 6.92 Å². The molecule has 0 heterocycles. The topological polar surface area (TPSA) is 64.4 Å². The van der Waals surface area contributed by atoms with Crippen molar-refractivity contribution in [2.75, 3.05) is 0 Å². The molecule has 0 rings (SSSR count). The van der Waals surface area contributed by atoms with Crippen LogP contribution in [0.5, 0.6) is 0 Å². The summed E-state index contributed by atoms with van der Waals surface area (Å²) < 4.78 is 0. The standard InChI is InChI=1S/C5H9N3S/c1-4(9)8-5(7)2-3-6/h2-3H,6H2,1H3,(H2,7,8,9). The number of hydrogen-bond acceptors (Lipinski definition) is 2. The molecule has 4 N–H and O–H groups in total. The van der Waals surface area contributed by atoms with Crippen LogP contribution in [0.1, 0.15) is 6.92 Å². The minimum absolute atomic E-state index is 0.338. The Morgan fingerprint density at radius 2 is 2.22 bits per heavy atom. The molecule has 0 aromatic heterocycles. The monoisotopic (exact) mass is 143 g/mol. The highest BCUT2D eigenvalue weighted by Gasteiger charge is 1.82. The molecule has 0 atom stereocenters. The van der Waals surface area contributed by atoms with E-state index in [0.717, 1.165) is 0 Å². The van der Waals surface area contributed by atoms with Crippen LogP contribution in [0.4, 0.5) is 0 Å². The average Bonchev–Trinajstić information content (AvgIpc) is 1.63.